The van der Waals surface area contributed by atoms with Crippen LogP contribution in [-0.2, 0) is 23.9 Å². The molecule has 0 spiro atoms. The van der Waals surface area contributed by atoms with E-state index in [0.717, 1.165) is 102 Å². The Morgan fingerprint density at radius 2 is 1.00 bits per heavy atom. The van der Waals surface area contributed by atoms with Crippen molar-refractivity contribution in [3.8, 4) is 0 Å². The second-order valence-corrected chi connectivity index (χ2v) is 18.9. The van der Waals surface area contributed by atoms with Gasteiger partial charge in [-0.15, -0.1) is 0 Å². The first-order valence-corrected chi connectivity index (χ1v) is 27.7. The van der Waals surface area contributed by atoms with E-state index in [-0.39, 0.29) is 17.9 Å². The third-order valence-electron chi connectivity index (χ3n) is 12.9. The van der Waals surface area contributed by atoms with E-state index in [9.17, 15) is 14.4 Å². The van der Waals surface area contributed by atoms with Crippen LogP contribution < -0.4 is 10.6 Å². The van der Waals surface area contributed by atoms with Crippen LogP contribution in [0.25, 0.3) is 0 Å². The summed E-state index contributed by atoms with van der Waals surface area (Å²) in [6.07, 6.45) is 45.1. The Hall–Kier alpha value is -2.19. The monoisotopic (exact) mass is 902 g/mol. The number of ether oxygens (including phenoxy) is 2. The maximum Gasteiger partial charge on any atom is 0.306 e. The largest absolute Gasteiger partial charge is 0.462 e. The van der Waals surface area contributed by atoms with Gasteiger partial charge in [-0.05, 0) is 90.8 Å². The van der Waals surface area contributed by atoms with Gasteiger partial charge in [-0.25, -0.2) is 0 Å². The number of allylic oxidation sites excluding steroid dienone is 2. The fourth-order valence-corrected chi connectivity index (χ4v) is 8.75. The molecular formula is C56H107N3O5. The number of unbranched alkanes of at least 4 members (excludes halogenated alkanes) is 24. The Morgan fingerprint density at radius 1 is 0.547 bits per heavy atom. The smallest absolute Gasteiger partial charge is 0.306 e. The number of hydrogen-bond acceptors (Lipinski definition) is 8. The van der Waals surface area contributed by atoms with Gasteiger partial charge in [0.1, 0.15) is 18.1 Å². The molecule has 0 aromatic heterocycles. The second-order valence-electron chi connectivity index (χ2n) is 18.9. The first-order chi connectivity index (χ1) is 31.3. The van der Waals surface area contributed by atoms with Crippen molar-refractivity contribution in [2.45, 2.75) is 278 Å². The lowest BCUT2D eigenvalue weighted by atomic mass is 9.93. The van der Waals surface area contributed by atoms with Crippen LogP contribution in [0, 0.1) is 0 Å². The minimum Gasteiger partial charge on any atom is -0.462 e. The predicted octanol–water partition coefficient (Wildman–Crippen LogP) is 15.1. The highest BCUT2D eigenvalue weighted by atomic mass is 16.5. The molecule has 0 aromatic rings. The molecule has 8 nitrogen and oxygen atoms in total. The molecule has 376 valence electrons. The molecule has 0 saturated carbocycles. The van der Waals surface area contributed by atoms with E-state index in [2.05, 4.69) is 49.8 Å². The van der Waals surface area contributed by atoms with Gasteiger partial charge < -0.3 is 29.8 Å². The van der Waals surface area contributed by atoms with Gasteiger partial charge in [0.25, 0.3) is 0 Å². The molecule has 8 heteroatoms. The van der Waals surface area contributed by atoms with Gasteiger partial charge in [0, 0.05) is 38.6 Å². The molecule has 0 fully saturated rings. The quantitative estimate of drug-likeness (QED) is 0.0270. The molecule has 2 N–H and O–H groups in total. The van der Waals surface area contributed by atoms with Gasteiger partial charge in [-0.2, -0.15) is 0 Å². The summed E-state index contributed by atoms with van der Waals surface area (Å²) in [4.78, 5) is 37.6. The van der Waals surface area contributed by atoms with E-state index in [0.29, 0.717) is 30.2 Å². The van der Waals surface area contributed by atoms with E-state index >= 15 is 0 Å². The van der Waals surface area contributed by atoms with Crippen LogP contribution in [0.15, 0.2) is 23.5 Å². The standard InChI is InChI=1S/C38H69N3O4.C18H38O/c1-5-8-9-10-14-19-26-34(25-6-2)45-35(43)27-20-15-13-17-22-30-41(29-21-16-11-12-18-23-32-42)31-24-28-40-36-33(4)38(44)37(36)39-7-3;1-4-6-8-10-12-14-16-18(19-3)17-15-13-11-9-7-5-2/h32,34,39-40H,4-31H2,1-3H3;18H,4-17H2,1-3H3. The zero-order valence-corrected chi connectivity index (χ0v) is 43.4. The van der Waals surface area contributed by atoms with Crippen molar-refractivity contribution in [2.24, 2.45) is 0 Å². The summed E-state index contributed by atoms with van der Waals surface area (Å²) in [5.41, 5.74) is 2.14. The molecule has 1 aliphatic rings. The van der Waals surface area contributed by atoms with E-state index in [1.54, 1.807) is 0 Å². The summed E-state index contributed by atoms with van der Waals surface area (Å²) in [7, 11) is 1.89. The molecule has 0 amide bonds. The number of rotatable bonds is 48. The average Bonchev–Trinajstić information content (AvgIpc) is 3.30. The number of Topliss-reactive ketones (excluding diaryl/α,β-unsaturated/α-hetero) is 1. The van der Waals surface area contributed by atoms with Gasteiger partial charge in [-0.3, -0.25) is 9.59 Å². The number of nitrogens with zero attached hydrogens (tertiary/aromatic N) is 1. The number of carbonyl (C=O) groups excluding carboxylic acids is 3. The zero-order chi connectivity index (χ0) is 47.1. The molecule has 0 radical (unpaired) electrons. The van der Waals surface area contributed by atoms with Crippen molar-refractivity contribution >= 4 is 18.0 Å². The lowest BCUT2D eigenvalue weighted by molar-refractivity contribution is -0.150. The van der Waals surface area contributed by atoms with Crippen molar-refractivity contribution in [3.63, 3.8) is 0 Å². The van der Waals surface area contributed by atoms with E-state index in [4.69, 9.17) is 9.47 Å². The number of likely N-dealkylation sites (N-methyl/N-ethyl adjacent to an activating group) is 1. The van der Waals surface area contributed by atoms with Crippen LogP contribution in [0.2, 0.25) is 0 Å². The minimum absolute atomic E-state index is 0.00595. The molecular weight excluding hydrogens is 795 g/mol. The first kappa shape index (κ1) is 61.8. The molecule has 64 heavy (non-hydrogen) atoms. The van der Waals surface area contributed by atoms with Crippen molar-refractivity contribution in [1.82, 2.24) is 15.5 Å². The first-order valence-electron chi connectivity index (χ1n) is 27.7. The normalized spacial score (nSPS) is 13.0. The molecule has 1 atom stereocenters. The second kappa shape index (κ2) is 47.3. The lowest BCUT2D eigenvalue weighted by Crippen LogP contribution is -2.39. The summed E-state index contributed by atoms with van der Waals surface area (Å²) >= 11 is 0. The molecule has 0 aromatic carbocycles. The van der Waals surface area contributed by atoms with Crippen LogP contribution in [-0.4, -0.2) is 75.0 Å². The van der Waals surface area contributed by atoms with Gasteiger partial charge in [0.05, 0.1) is 11.8 Å². The maximum absolute atomic E-state index is 12.5. The summed E-state index contributed by atoms with van der Waals surface area (Å²) in [6, 6.07) is 0. The molecule has 0 bridgehead atoms. The summed E-state index contributed by atoms with van der Waals surface area (Å²) < 4.78 is 11.5. The van der Waals surface area contributed by atoms with Crippen molar-refractivity contribution in [1.29, 1.82) is 0 Å². The van der Waals surface area contributed by atoms with Gasteiger partial charge in [0.15, 0.2) is 0 Å². The molecule has 0 saturated heterocycles. The predicted molar refractivity (Wildman–Crippen MR) is 275 cm³/mol. The maximum atomic E-state index is 12.5. The van der Waals surface area contributed by atoms with Crippen molar-refractivity contribution < 1.29 is 23.9 Å². The average molecular weight is 902 g/mol. The van der Waals surface area contributed by atoms with Crippen molar-refractivity contribution in [2.75, 3.05) is 39.8 Å². The number of ketones is 1. The van der Waals surface area contributed by atoms with E-state index in [1.165, 1.54) is 161 Å². The van der Waals surface area contributed by atoms with Crippen LogP contribution in [0.3, 0.4) is 0 Å². The highest BCUT2D eigenvalue weighted by molar-refractivity contribution is 6.18. The number of nitrogens with one attached hydrogen (secondary N) is 2. The number of hydrogen-bond donors (Lipinski definition) is 2. The highest BCUT2D eigenvalue weighted by Crippen LogP contribution is 2.24. The zero-order valence-electron chi connectivity index (χ0n) is 43.4. The number of carbonyl (C=O) groups is 3. The Balaban J connectivity index is 0.00000174. The Labute approximate surface area is 397 Å². The summed E-state index contributed by atoms with van der Waals surface area (Å²) in [5, 5.41) is 6.57. The van der Waals surface area contributed by atoms with Crippen LogP contribution in [0.1, 0.15) is 266 Å². The molecule has 0 aliphatic heterocycles. The molecule has 1 rings (SSSR count). The minimum atomic E-state index is -0.00595. The molecule has 1 aliphatic carbocycles. The Bertz CT molecular complexity index is 1110. The fourth-order valence-electron chi connectivity index (χ4n) is 8.75. The third kappa shape index (κ3) is 36.0. The Morgan fingerprint density at radius 3 is 1.48 bits per heavy atom. The topological polar surface area (TPSA) is 97.0 Å². The number of methoxy groups -OCH3 is 1. The lowest BCUT2D eigenvalue weighted by Gasteiger charge is -2.27. The molecule has 0 heterocycles. The Kier molecular flexibility index (Phi) is 45.7. The van der Waals surface area contributed by atoms with Crippen LogP contribution in [0.5, 0.6) is 0 Å². The van der Waals surface area contributed by atoms with E-state index < -0.39 is 0 Å². The highest BCUT2D eigenvalue weighted by Gasteiger charge is 2.31. The third-order valence-corrected chi connectivity index (χ3v) is 12.9. The number of aldehydes is 1. The van der Waals surface area contributed by atoms with E-state index in [1.807, 2.05) is 14.0 Å². The number of esters is 1. The summed E-state index contributed by atoms with van der Waals surface area (Å²) in [5.74, 6) is 0.0174. The van der Waals surface area contributed by atoms with Crippen LogP contribution >= 0.6 is 0 Å². The van der Waals surface area contributed by atoms with Gasteiger partial charge >= 0.3 is 5.97 Å². The summed E-state index contributed by atoms with van der Waals surface area (Å²) in [6.45, 7) is 19.7. The SMILES string of the molecule is C=C1C(=O)C(NCC)=C1NCCCN(CCCCCCCC=O)CCCCCCCC(=O)OC(CCC)CCCCCCCC.CCCCCCCCC(CCCCCCCC)OC. The van der Waals surface area contributed by atoms with Gasteiger partial charge in [0.2, 0.25) is 5.78 Å². The van der Waals surface area contributed by atoms with Crippen molar-refractivity contribution in [3.05, 3.63) is 23.5 Å². The van der Waals surface area contributed by atoms with Crippen LogP contribution in [0.4, 0.5) is 0 Å². The van der Waals surface area contributed by atoms with Gasteiger partial charge in [-0.1, -0.05) is 188 Å². The fraction of sp³-hybridized carbons (Fsp3) is 0.875. The molecule has 1 unspecified atom stereocenters.